The molecule has 1 atom stereocenters. The zero-order valence-electron chi connectivity index (χ0n) is 14.7. The Hall–Kier alpha value is -2.28. The summed E-state index contributed by atoms with van der Waals surface area (Å²) in [6, 6.07) is 5.31. The largest absolute Gasteiger partial charge is 0.465 e. The summed E-state index contributed by atoms with van der Waals surface area (Å²) >= 11 is 1.14. The van der Waals surface area contributed by atoms with Crippen molar-refractivity contribution >= 4 is 35.0 Å². The van der Waals surface area contributed by atoms with Crippen molar-refractivity contribution in [2.45, 2.75) is 37.8 Å². The molecule has 0 aliphatic carbocycles. The molecule has 6 nitrogen and oxygen atoms in total. The average Bonchev–Trinajstić information content (AvgIpc) is 2.89. The summed E-state index contributed by atoms with van der Waals surface area (Å²) in [5.74, 6) is -1.11. The van der Waals surface area contributed by atoms with Crippen molar-refractivity contribution in [2.75, 3.05) is 13.2 Å². The third kappa shape index (κ3) is 3.87. The maximum atomic E-state index is 12.5. The van der Waals surface area contributed by atoms with Gasteiger partial charge in [-0.05, 0) is 32.9 Å². The van der Waals surface area contributed by atoms with Gasteiger partial charge in [0.25, 0.3) is 0 Å². The molecular weight excluding hydrogens is 342 g/mol. The highest BCUT2D eigenvalue weighted by Crippen LogP contribution is 2.36. The van der Waals surface area contributed by atoms with E-state index >= 15 is 0 Å². The molecule has 25 heavy (non-hydrogen) atoms. The Kier molecular flexibility index (Phi) is 6.25. The van der Waals surface area contributed by atoms with E-state index in [-0.39, 0.29) is 19.0 Å². The number of carbonyl (C=O) groups excluding carboxylic acids is 3. The first-order valence-electron chi connectivity index (χ1n) is 8.06. The summed E-state index contributed by atoms with van der Waals surface area (Å²) in [6.45, 7) is 7.05. The minimum Gasteiger partial charge on any atom is -0.465 e. The van der Waals surface area contributed by atoms with Gasteiger partial charge in [0.2, 0.25) is 0 Å². The molecule has 0 saturated carbocycles. The van der Waals surface area contributed by atoms with Crippen LogP contribution in [0, 0.1) is 0 Å². The quantitative estimate of drug-likeness (QED) is 0.427. The highest BCUT2D eigenvalue weighted by Gasteiger charge is 2.29. The molecule has 0 fully saturated rings. The standard InChI is InChI=1S/C18H21NO5S/c1-5-23-17(21)12(4)25-16-14(18(22)24-6-2)13-9-7-8-10-19(13)15(16)11(3)20/h7-10,12H,5-6H2,1-4H3. The van der Waals surface area contributed by atoms with Crippen LogP contribution in [-0.4, -0.2) is 40.6 Å². The van der Waals surface area contributed by atoms with Crippen molar-refractivity contribution in [2.24, 2.45) is 0 Å². The number of carbonyl (C=O) groups is 3. The molecule has 2 rings (SSSR count). The SMILES string of the molecule is CCOC(=O)c1c(SC(C)C(=O)OCC)c(C(C)=O)n2ccccc12. The van der Waals surface area contributed by atoms with Crippen LogP contribution < -0.4 is 0 Å². The molecule has 0 aliphatic heterocycles. The number of aromatic nitrogens is 1. The molecule has 0 aromatic carbocycles. The van der Waals surface area contributed by atoms with Gasteiger partial charge in [0.15, 0.2) is 5.78 Å². The first-order valence-corrected chi connectivity index (χ1v) is 8.94. The lowest BCUT2D eigenvalue weighted by Crippen LogP contribution is -2.17. The van der Waals surface area contributed by atoms with Gasteiger partial charge in [-0.2, -0.15) is 0 Å². The second-order valence-electron chi connectivity index (χ2n) is 5.30. The van der Waals surface area contributed by atoms with Gasteiger partial charge in [0, 0.05) is 13.1 Å². The average molecular weight is 363 g/mol. The molecule has 1 unspecified atom stereocenters. The predicted octanol–water partition coefficient (Wildman–Crippen LogP) is 3.36. The number of pyridine rings is 1. The smallest absolute Gasteiger partial charge is 0.341 e. The van der Waals surface area contributed by atoms with E-state index in [0.29, 0.717) is 21.7 Å². The number of hydrogen-bond donors (Lipinski definition) is 0. The van der Waals surface area contributed by atoms with E-state index < -0.39 is 17.2 Å². The van der Waals surface area contributed by atoms with Gasteiger partial charge in [-0.1, -0.05) is 6.07 Å². The minimum atomic E-state index is -0.566. The molecule has 0 N–H and O–H groups in total. The van der Waals surface area contributed by atoms with Crippen LogP contribution in [0.3, 0.4) is 0 Å². The highest BCUT2D eigenvalue weighted by molar-refractivity contribution is 8.00. The van der Waals surface area contributed by atoms with Gasteiger partial charge in [-0.25, -0.2) is 4.79 Å². The summed E-state index contributed by atoms with van der Waals surface area (Å²) in [5, 5.41) is -0.566. The summed E-state index contributed by atoms with van der Waals surface area (Å²) in [7, 11) is 0. The van der Waals surface area contributed by atoms with Gasteiger partial charge in [-0.15, -0.1) is 11.8 Å². The molecule has 0 saturated heterocycles. The molecule has 0 spiro atoms. The first kappa shape index (κ1) is 19.1. The Morgan fingerprint density at radius 3 is 2.44 bits per heavy atom. The number of rotatable bonds is 7. The molecule has 2 heterocycles. The Morgan fingerprint density at radius 2 is 1.84 bits per heavy atom. The van der Waals surface area contributed by atoms with Gasteiger partial charge in [0.05, 0.1) is 29.2 Å². The maximum Gasteiger partial charge on any atom is 0.341 e. The second kappa shape index (κ2) is 8.20. The molecule has 0 amide bonds. The van der Waals surface area contributed by atoms with Crippen LogP contribution in [0.15, 0.2) is 29.3 Å². The molecule has 0 bridgehead atoms. The fraction of sp³-hybridized carbons (Fsp3) is 0.389. The van der Waals surface area contributed by atoms with E-state index in [1.54, 1.807) is 49.6 Å². The van der Waals surface area contributed by atoms with Gasteiger partial charge >= 0.3 is 11.9 Å². The zero-order chi connectivity index (χ0) is 18.6. The molecule has 134 valence electrons. The van der Waals surface area contributed by atoms with Crippen molar-refractivity contribution in [3.63, 3.8) is 0 Å². The number of esters is 2. The van der Waals surface area contributed by atoms with Crippen molar-refractivity contribution in [1.29, 1.82) is 0 Å². The number of fused-ring (bicyclic) bond motifs is 1. The monoisotopic (exact) mass is 363 g/mol. The highest BCUT2D eigenvalue weighted by atomic mass is 32.2. The van der Waals surface area contributed by atoms with Crippen molar-refractivity contribution in [3.8, 4) is 0 Å². The second-order valence-corrected chi connectivity index (χ2v) is 6.65. The summed E-state index contributed by atoms with van der Waals surface area (Å²) in [6.07, 6.45) is 1.72. The Morgan fingerprint density at radius 1 is 1.16 bits per heavy atom. The van der Waals surface area contributed by atoms with Crippen molar-refractivity contribution in [1.82, 2.24) is 4.40 Å². The third-order valence-corrected chi connectivity index (χ3v) is 4.70. The van der Waals surface area contributed by atoms with Crippen molar-refractivity contribution in [3.05, 3.63) is 35.7 Å². The Bertz CT molecular complexity index is 811. The van der Waals surface area contributed by atoms with Gasteiger partial charge in [-0.3, -0.25) is 9.59 Å². The Labute approximate surface area is 150 Å². The topological polar surface area (TPSA) is 74.1 Å². The number of hydrogen-bond acceptors (Lipinski definition) is 6. The predicted molar refractivity (Wildman–Crippen MR) is 95.3 cm³/mol. The number of ether oxygens (including phenoxy) is 2. The zero-order valence-corrected chi connectivity index (χ0v) is 15.5. The fourth-order valence-electron chi connectivity index (χ4n) is 2.52. The van der Waals surface area contributed by atoms with Crippen LogP contribution in [0.4, 0.5) is 0 Å². The first-order chi connectivity index (χ1) is 11.9. The van der Waals surface area contributed by atoms with Crippen LogP contribution in [0.5, 0.6) is 0 Å². The van der Waals surface area contributed by atoms with Crippen LogP contribution in [0.25, 0.3) is 5.52 Å². The molecule has 2 aromatic heterocycles. The maximum absolute atomic E-state index is 12.5. The molecular formula is C18H21NO5S. The number of Topliss-reactive ketones (excluding diaryl/α,β-unsaturated/α-hetero) is 1. The number of thioether (sulfide) groups is 1. The molecule has 2 aromatic rings. The number of nitrogens with zero attached hydrogens (tertiary/aromatic N) is 1. The van der Waals surface area contributed by atoms with Crippen LogP contribution in [0.2, 0.25) is 0 Å². The van der Waals surface area contributed by atoms with Gasteiger partial charge < -0.3 is 13.9 Å². The number of ketones is 1. The van der Waals surface area contributed by atoms with E-state index in [2.05, 4.69) is 0 Å². The van der Waals surface area contributed by atoms with Crippen LogP contribution in [0.1, 0.15) is 48.5 Å². The lowest BCUT2D eigenvalue weighted by molar-refractivity contribution is -0.142. The van der Waals surface area contributed by atoms with E-state index in [4.69, 9.17) is 9.47 Å². The van der Waals surface area contributed by atoms with Gasteiger partial charge in [0.1, 0.15) is 10.9 Å². The van der Waals surface area contributed by atoms with E-state index in [9.17, 15) is 14.4 Å². The normalized spacial score (nSPS) is 12.0. The fourth-order valence-corrected chi connectivity index (χ4v) is 3.69. The summed E-state index contributed by atoms with van der Waals surface area (Å²) in [5.41, 5.74) is 1.23. The molecule has 0 aliphatic rings. The van der Waals surface area contributed by atoms with Crippen molar-refractivity contribution < 1.29 is 23.9 Å². The molecule has 7 heteroatoms. The summed E-state index contributed by atoms with van der Waals surface area (Å²) < 4.78 is 11.9. The van der Waals surface area contributed by atoms with Crippen LogP contribution >= 0.6 is 11.8 Å². The van der Waals surface area contributed by atoms with E-state index in [0.717, 1.165) is 11.8 Å². The van der Waals surface area contributed by atoms with Crippen LogP contribution in [-0.2, 0) is 14.3 Å². The summed E-state index contributed by atoms with van der Waals surface area (Å²) in [4.78, 5) is 37.2. The lowest BCUT2D eigenvalue weighted by Gasteiger charge is -2.11. The minimum absolute atomic E-state index is 0.199. The third-order valence-electron chi connectivity index (χ3n) is 3.53. The van der Waals surface area contributed by atoms with E-state index in [1.807, 2.05) is 0 Å². The Balaban J connectivity index is 2.64. The van der Waals surface area contributed by atoms with E-state index in [1.165, 1.54) is 6.92 Å². The molecule has 0 radical (unpaired) electrons. The lowest BCUT2D eigenvalue weighted by atomic mass is 10.2.